The van der Waals surface area contributed by atoms with Gasteiger partial charge in [0.15, 0.2) is 0 Å². The summed E-state index contributed by atoms with van der Waals surface area (Å²) in [5.41, 5.74) is 2.69. The van der Waals surface area contributed by atoms with Gasteiger partial charge in [-0.2, -0.15) is 0 Å². The molecule has 2 fully saturated rings. The normalized spacial score (nSPS) is 22.7. The van der Waals surface area contributed by atoms with Crippen molar-refractivity contribution in [3.05, 3.63) is 36.0 Å². The van der Waals surface area contributed by atoms with Crippen LogP contribution in [0.2, 0.25) is 0 Å². The summed E-state index contributed by atoms with van der Waals surface area (Å²) in [5, 5.41) is 4.91. The number of likely N-dealkylation sites (tertiary alicyclic amines) is 1. The minimum absolute atomic E-state index is 0.679. The summed E-state index contributed by atoms with van der Waals surface area (Å²) < 4.78 is 0. The number of piperidine rings is 2. The van der Waals surface area contributed by atoms with Crippen LogP contribution in [0.15, 0.2) is 30.5 Å². The summed E-state index contributed by atoms with van der Waals surface area (Å²) in [6.07, 6.45) is 8.86. The van der Waals surface area contributed by atoms with E-state index < -0.39 is 0 Å². The number of fused-ring (bicyclic) bond motifs is 1. The first-order valence-electron chi connectivity index (χ1n) is 10.1. The maximum Gasteiger partial charge on any atom is 0.0457 e. The molecule has 0 saturated carbocycles. The molecule has 2 aromatic rings. The smallest absolute Gasteiger partial charge is 0.0457 e. The van der Waals surface area contributed by atoms with E-state index in [1.54, 1.807) is 0 Å². The Morgan fingerprint density at radius 3 is 2.84 bits per heavy atom. The van der Waals surface area contributed by atoms with Crippen molar-refractivity contribution in [3.63, 3.8) is 0 Å². The highest BCUT2D eigenvalue weighted by Crippen LogP contribution is 2.19. The van der Waals surface area contributed by atoms with Crippen LogP contribution in [0.3, 0.4) is 0 Å². The summed E-state index contributed by atoms with van der Waals surface area (Å²) in [7, 11) is 0. The molecule has 0 radical (unpaired) electrons. The molecule has 1 atom stereocenters. The Hall–Kier alpha value is -1.36. The Kier molecular flexibility index (Phi) is 5.70. The molecule has 4 nitrogen and oxygen atoms in total. The second-order valence-corrected chi connectivity index (χ2v) is 7.77. The number of aromatic amines is 1. The fraction of sp³-hybridized carbons (Fsp3) is 0.619. The van der Waals surface area contributed by atoms with Crippen LogP contribution in [0.4, 0.5) is 0 Å². The van der Waals surface area contributed by atoms with Crippen molar-refractivity contribution in [1.82, 2.24) is 20.1 Å². The topological polar surface area (TPSA) is 34.3 Å². The van der Waals surface area contributed by atoms with Crippen LogP contribution >= 0.6 is 0 Å². The first kappa shape index (κ1) is 17.1. The van der Waals surface area contributed by atoms with Gasteiger partial charge in [0.2, 0.25) is 0 Å². The first-order valence-corrected chi connectivity index (χ1v) is 10.1. The van der Waals surface area contributed by atoms with Crippen LogP contribution in [0.1, 0.15) is 37.7 Å². The minimum Gasteiger partial charge on any atom is -0.361 e. The molecule has 1 aromatic heterocycles. The van der Waals surface area contributed by atoms with E-state index in [4.69, 9.17) is 0 Å². The van der Waals surface area contributed by atoms with E-state index in [2.05, 4.69) is 44.4 Å². The van der Waals surface area contributed by atoms with Gasteiger partial charge in [-0.15, -0.1) is 0 Å². The van der Waals surface area contributed by atoms with Gasteiger partial charge in [-0.25, -0.2) is 0 Å². The van der Waals surface area contributed by atoms with Gasteiger partial charge in [0.05, 0.1) is 0 Å². The van der Waals surface area contributed by atoms with E-state index in [1.807, 2.05) is 6.20 Å². The zero-order valence-electron chi connectivity index (χ0n) is 15.3. The number of aromatic nitrogens is 1. The number of nitrogens with one attached hydrogen (secondary N) is 2. The molecular weight excluding hydrogens is 308 g/mol. The van der Waals surface area contributed by atoms with Gasteiger partial charge in [-0.1, -0.05) is 18.6 Å². The monoisotopic (exact) mass is 340 g/mol. The van der Waals surface area contributed by atoms with Crippen LogP contribution in [0, 0.1) is 0 Å². The van der Waals surface area contributed by atoms with E-state index in [0.717, 1.165) is 13.1 Å². The maximum atomic E-state index is 3.60. The van der Waals surface area contributed by atoms with Crippen molar-refractivity contribution in [2.75, 3.05) is 39.3 Å². The van der Waals surface area contributed by atoms with Gasteiger partial charge in [-0.3, -0.25) is 4.90 Å². The molecular formula is C21H32N4. The van der Waals surface area contributed by atoms with Crippen molar-refractivity contribution >= 4 is 10.9 Å². The lowest BCUT2D eigenvalue weighted by molar-refractivity contribution is 0.125. The summed E-state index contributed by atoms with van der Waals surface area (Å²) >= 11 is 0. The highest BCUT2D eigenvalue weighted by Gasteiger charge is 2.22. The molecule has 2 aliphatic rings. The summed E-state index contributed by atoms with van der Waals surface area (Å²) in [6, 6.07) is 9.72. The number of hydrogen-bond donors (Lipinski definition) is 2. The van der Waals surface area contributed by atoms with Gasteiger partial charge in [-0.05, 0) is 68.4 Å². The van der Waals surface area contributed by atoms with Gasteiger partial charge in [0.1, 0.15) is 0 Å². The van der Waals surface area contributed by atoms with Gasteiger partial charge in [0.25, 0.3) is 0 Å². The Morgan fingerprint density at radius 1 is 1.08 bits per heavy atom. The van der Waals surface area contributed by atoms with Crippen molar-refractivity contribution in [1.29, 1.82) is 0 Å². The van der Waals surface area contributed by atoms with E-state index in [1.165, 1.54) is 81.3 Å². The fourth-order valence-corrected chi connectivity index (χ4v) is 4.42. The van der Waals surface area contributed by atoms with E-state index in [-0.39, 0.29) is 0 Å². The lowest BCUT2D eigenvalue weighted by Gasteiger charge is -2.37. The third kappa shape index (κ3) is 4.43. The molecule has 2 aliphatic heterocycles. The number of rotatable bonds is 6. The van der Waals surface area contributed by atoms with Crippen LogP contribution in [0.5, 0.6) is 0 Å². The molecule has 4 heteroatoms. The molecule has 0 spiro atoms. The maximum absolute atomic E-state index is 3.60. The summed E-state index contributed by atoms with van der Waals surface area (Å²) in [5.74, 6) is 0. The molecule has 0 aliphatic carbocycles. The molecule has 0 amide bonds. The highest BCUT2D eigenvalue weighted by atomic mass is 15.2. The van der Waals surface area contributed by atoms with E-state index >= 15 is 0 Å². The van der Waals surface area contributed by atoms with Crippen LogP contribution in [-0.2, 0) is 6.54 Å². The standard InChI is InChI=1S/C21H32N4/c1-2-11-24(12-3-1)13-14-25(20-5-4-9-22-16-20)17-18-6-7-19-8-10-23-21(19)15-18/h6-8,10,15,20,22-23H,1-5,9,11-14,16-17H2. The summed E-state index contributed by atoms with van der Waals surface area (Å²) in [4.78, 5) is 8.75. The fourth-order valence-electron chi connectivity index (χ4n) is 4.42. The predicted octanol–water partition coefficient (Wildman–Crippen LogP) is 3.21. The summed E-state index contributed by atoms with van der Waals surface area (Å²) in [6.45, 7) is 8.40. The number of H-pyrrole nitrogens is 1. The molecule has 1 unspecified atom stereocenters. The Balaban J connectivity index is 1.43. The molecule has 3 heterocycles. The third-order valence-electron chi connectivity index (χ3n) is 5.94. The minimum atomic E-state index is 0.679. The molecule has 2 saturated heterocycles. The quantitative estimate of drug-likeness (QED) is 0.847. The van der Waals surface area contributed by atoms with Crippen molar-refractivity contribution in [2.24, 2.45) is 0 Å². The molecule has 4 rings (SSSR count). The van der Waals surface area contributed by atoms with Gasteiger partial charge in [0, 0.05) is 43.9 Å². The number of nitrogens with zero attached hydrogens (tertiary/aromatic N) is 2. The lowest BCUT2D eigenvalue weighted by atomic mass is 10.0. The average molecular weight is 341 g/mol. The van der Waals surface area contributed by atoms with E-state index in [0.29, 0.717) is 6.04 Å². The molecule has 0 bridgehead atoms. The third-order valence-corrected chi connectivity index (χ3v) is 5.94. The van der Waals surface area contributed by atoms with Crippen molar-refractivity contribution in [2.45, 2.75) is 44.7 Å². The average Bonchev–Trinajstić information content (AvgIpc) is 3.14. The Morgan fingerprint density at radius 2 is 2.00 bits per heavy atom. The zero-order valence-corrected chi connectivity index (χ0v) is 15.3. The first-order chi connectivity index (χ1) is 12.4. The van der Waals surface area contributed by atoms with Gasteiger partial charge < -0.3 is 15.2 Å². The van der Waals surface area contributed by atoms with Gasteiger partial charge >= 0.3 is 0 Å². The second kappa shape index (κ2) is 8.35. The SMILES string of the molecule is c1cc2ccc(CN(CCN3CCCCC3)C3CCCNC3)cc2[nH]1. The van der Waals surface area contributed by atoms with Crippen LogP contribution in [0.25, 0.3) is 10.9 Å². The largest absolute Gasteiger partial charge is 0.361 e. The molecule has 2 N–H and O–H groups in total. The number of benzene rings is 1. The number of hydrogen-bond acceptors (Lipinski definition) is 3. The Labute approximate surface area is 151 Å². The highest BCUT2D eigenvalue weighted by molar-refractivity contribution is 5.79. The van der Waals surface area contributed by atoms with E-state index in [9.17, 15) is 0 Å². The van der Waals surface area contributed by atoms with Crippen LogP contribution < -0.4 is 5.32 Å². The lowest BCUT2D eigenvalue weighted by Crippen LogP contribution is -2.48. The van der Waals surface area contributed by atoms with Crippen LogP contribution in [-0.4, -0.2) is 60.1 Å². The van der Waals surface area contributed by atoms with Crippen molar-refractivity contribution < 1.29 is 0 Å². The second-order valence-electron chi connectivity index (χ2n) is 7.77. The molecule has 136 valence electrons. The zero-order chi connectivity index (χ0) is 16.9. The molecule has 25 heavy (non-hydrogen) atoms. The molecule has 1 aromatic carbocycles. The Bertz CT molecular complexity index is 653. The van der Waals surface area contributed by atoms with Crippen molar-refractivity contribution in [3.8, 4) is 0 Å². The predicted molar refractivity (Wildman–Crippen MR) is 105 cm³/mol.